The van der Waals surface area contributed by atoms with Crippen molar-refractivity contribution >= 4 is 40.6 Å². The van der Waals surface area contributed by atoms with Crippen LogP contribution < -0.4 is 11.1 Å². The molecule has 3 aliphatic carbocycles. The molecular formula is C29H38N4O8. The summed E-state index contributed by atoms with van der Waals surface area (Å²) in [5, 5.41) is 25.5. The zero-order valence-electron chi connectivity index (χ0n) is 24.3. The quantitative estimate of drug-likeness (QED) is 0.272. The van der Waals surface area contributed by atoms with Crippen LogP contribution in [0.15, 0.2) is 12.1 Å². The molecule has 3 aliphatic rings. The third-order valence-electron chi connectivity index (χ3n) is 8.78. The number of nitrogens with zero attached hydrogens (tertiary/aromatic N) is 2. The van der Waals surface area contributed by atoms with E-state index in [1.165, 1.54) is 25.1 Å². The maximum Gasteiger partial charge on any atom is 0.242 e. The first kappa shape index (κ1) is 30.5. The number of phenolic OH excluding ortho intramolecular Hbond substituents is 1. The number of benzene rings is 1. The maximum absolute atomic E-state index is 13.9. The molecule has 5 N–H and O–H groups in total. The Morgan fingerprint density at radius 2 is 1.68 bits per heavy atom. The van der Waals surface area contributed by atoms with Crippen molar-refractivity contribution in [1.29, 1.82) is 0 Å². The largest absolute Gasteiger partial charge is 0.505 e. The van der Waals surface area contributed by atoms with Gasteiger partial charge in [-0.2, -0.15) is 0 Å². The lowest BCUT2D eigenvalue weighted by Crippen LogP contribution is -2.74. The molecule has 4 rings (SSSR count). The van der Waals surface area contributed by atoms with Gasteiger partial charge in [-0.05, 0) is 64.0 Å². The fourth-order valence-electron chi connectivity index (χ4n) is 7.28. The molecule has 0 radical (unpaired) electrons. The van der Waals surface area contributed by atoms with Gasteiger partial charge >= 0.3 is 0 Å². The molecule has 0 aliphatic heterocycles. The number of carbonyl (C=O) groups excluding carboxylic acids is 6. The van der Waals surface area contributed by atoms with Gasteiger partial charge in [0.05, 0.1) is 29.3 Å². The van der Waals surface area contributed by atoms with Gasteiger partial charge in [0.1, 0.15) is 5.75 Å². The van der Waals surface area contributed by atoms with E-state index in [4.69, 9.17) is 5.73 Å². The number of hydrogen-bond acceptors (Lipinski definition) is 10. The van der Waals surface area contributed by atoms with Crippen molar-refractivity contribution in [3.63, 3.8) is 0 Å². The number of nitrogens with two attached hydrogens (primary N) is 1. The smallest absolute Gasteiger partial charge is 0.242 e. The third kappa shape index (κ3) is 4.58. The molecular weight excluding hydrogens is 532 g/mol. The zero-order valence-corrected chi connectivity index (χ0v) is 24.3. The highest BCUT2D eigenvalue weighted by atomic mass is 16.3. The monoisotopic (exact) mass is 570 g/mol. The van der Waals surface area contributed by atoms with Crippen molar-refractivity contribution in [2.45, 2.75) is 51.3 Å². The molecule has 12 nitrogen and oxygen atoms in total. The lowest BCUT2D eigenvalue weighted by molar-refractivity contribution is -0.181. The molecule has 2 saturated carbocycles. The van der Waals surface area contributed by atoms with Crippen molar-refractivity contribution in [3.05, 3.63) is 23.3 Å². The van der Waals surface area contributed by atoms with E-state index in [1.54, 1.807) is 25.1 Å². The van der Waals surface area contributed by atoms with Crippen LogP contribution in [0.3, 0.4) is 0 Å². The second kappa shape index (κ2) is 10.1. The van der Waals surface area contributed by atoms with Crippen LogP contribution in [0.4, 0.5) is 5.69 Å². The molecule has 222 valence electrons. The first-order valence-corrected chi connectivity index (χ1v) is 13.5. The first-order chi connectivity index (χ1) is 18.8. The van der Waals surface area contributed by atoms with E-state index in [-0.39, 0.29) is 24.1 Å². The maximum atomic E-state index is 13.9. The van der Waals surface area contributed by atoms with E-state index in [2.05, 4.69) is 5.32 Å². The molecule has 0 aromatic heterocycles. The summed E-state index contributed by atoms with van der Waals surface area (Å²) in [6.07, 6.45) is 0.120. The summed E-state index contributed by atoms with van der Waals surface area (Å²) in [5.41, 5.74) is 2.35. The Labute approximate surface area is 238 Å². The molecule has 12 heteroatoms. The Morgan fingerprint density at radius 3 is 2.20 bits per heavy atom. The Kier molecular flexibility index (Phi) is 7.51. The molecule has 1 aromatic rings. The number of primary amides is 1. The Balaban J connectivity index is 1.75. The topological polar surface area (TPSA) is 187 Å². The number of likely N-dealkylation sites (N-methyl/N-ethyl adjacent to an activating group) is 2. The number of hydrogen-bond donors (Lipinski definition) is 4. The second-order valence-corrected chi connectivity index (χ2v) is 13.0. The average Bonchev–Trinajstić information content (AvgIpc) is 2.81. The fraction of sp³-hybridized carbons (Fsp3) is 0.586. The molecule has 5 unspecified atom stereocenters. The number of fused-ring (bicyclic) bond motifs is 3. The Morgan fingerprint density at radius 1 is 1.07 bits per heavy atom. The van der Waals surface area contributed by atoms with E-state index in [0.29, 0.717) is 5.56 Å². The minimum Gasteiger partial charge on any atom is -0.505 e. The van der Waals surface area contributed by atoms with Gasteiger partial charge in [-0.3, -0.25) is 38.6 Å². The molecule has 0 saturated heterocycles. The number of ketones is 4. The summed E-state index contributed by atoms with van der Waals surface area (Å²) in [5.74, 6) is -11.6. The van der Waals surface area contributed by atoms with Crippen molar-refractivity contribution in [2.75, 3.05) is 33.5 Å². The van der Waals surface area contributed by atoms with Crippen LogP contribution in [0.1, 0.15) is 43.1 Å². The van der Waals surface area contributed by atoms with Crippen LogP contribution in [0.25, 0.3) is 0 Å². The van der Waals surface area contributed by atoms with Crippen LogP contribution in [0, 0.1) is 29.1 Å². The van der Waals surface area contributed by atoms with Crippen LogP contribution >= 0.6 is 0 Å². The summed E-state index contributed by atoms with van der Waals surface area (Å²) < 4.78 is 0. The molecule has 0 bridgehead atoms. The molecule has 0 spiro atoms. The lowest BCUT2D eigenvalue weighted by Gasteiger charge is -2.52. The van der Waals surface area contributed by atoms with E-state index < -0.39 is 87.5 Å². The zero-order chi connectivity index (χ0) is 30.9. The number of anilines is 1. The number of amides is 2. The minimum absolute atomic E-state index is 0.0164. The van der Waals surface area contributed by atoms with E-state index in [1.807, 2.05) is 20.8 Å². The molecule has 0 heterocycles. The first-order valence-electron chi connectivity index (χ1n) is 13.5. The van der Waals surface area contributed by atoms with Crippen molar-refractivity contribution in [2.24, 2.45) is 34.8 Å². The van der Waals surface area contributed by atoms with Gasteiger partial charge in [0.2, 0.25) is 11.8 Å². The normalized spacial score (nSPS) is 30.5. The molecule has 2 fully saturated rings. The van der Waals surface area contributed by atoms with E-state index >= 15 is 0 Å². The molecule has 41 heavy (non-hydrogen) atoms. The van der Waals surface area contributed by atoms with Gasteiger partial charge in [0.25, 0.3) is 0 Å². The van der Waals surface area contributed by atoms with Gasteiger partial charge in [0, 0.05) is 5.92 Å². The fourth-order valence-corrected chi connectivity index (χ4v) is 7.28. The molecule has 1 aromatic carbocycles. The molecule has 2 amide bonds. The van der Waals surface area contributed by atoms with Crippen LogP contribution in [0.2, 0.25) is 0 Å². The van der Waals surface area contributed by atoms with Crippen LogP contribution in [-0.4, -0.2) is 101 Å². The Hall–Kier alpha value is -3.48. The van der Waals surface area contributed by atoms with Crippen LogP contribution in [-0.2, 0) is 30.4 Å². The van der Waals surface area contributed by atoms with Gasteiger partial charge in [-0.25, -0.2) is 0 Å². The number of phenols is 1. The summed E-state index contributed by atoms with van der Waals surface area (Å²) in [4.78, 5) is 82.7. The average molecular weight is 571 g/mol. The highest BCUT2D eigenvalue weighted by molar-refractivity contribution is 6.32. The van der Waals surface area contributed by atoms with Crippen molar-refractivity contribution < 1.29 is 39.0 Å². The summed E-state index contributed by atoms with van der Waals surface area (Å²) >= 11 is 0. The van der Waals surface area contributed by atoms with E-state index in [0.717, 1.165) is 0 Å². The summed E-state index contributed by atoms with van der Waals surface area (Å²) in [6, 6.07) is 1.35. The lowest BCUT2D eigenvalue weighted by atomic mass is 9.52. The SMILES string of the molecule is CN(C)C(C(=O)Nc1ccc2c(c1O)C(=O)C1C(=O)[C@]3(O)C(=O)C(C(N)=O)C(=O)[C@@H](N(C)C)C3CC1C2)C(C)(C)C. The predicted octanol–water partition coefficient (Wildman–Crippen LogP) is -0.218. The highest BCUT2D eigenvalue weighted by Crippen LogP contribution is 2.51. The second-order valence-electron chi connectivity index (χ2n) is 13.0. The minimum atomic E-state index is -2.79. The summed E-state index contributed by atoms with van der Waals surface area (Å²) in [7, 11) is 6.57. The van der Waals surface area contributed by atoms with Gasteiger partial charge in [-0.1, -0.05) is 26.8 Å². The van der Waals surface area contributed by atoms with Gasteiger partial charge in [0.15, 0.2) is 34.7 Å². The standard InChI is InChI=1S/C29H38N4O8/c1-28(2,3)23(33(6)7)27(40)31-15-9-8-12-10-13-11-14-19(32(4)5)22(36)18(26(30)39)25(38)29(14,41)24(37)17(13)21(35)16(12)20(15)34/h8-9,13-14,17-19,23,34,41H,10-11H2,1-7H3,(H2,30,39)(H,31,40)/t13?,14?,17?,18?,19-,23?,29-/m0/s1. The number of nitrogens with one attached hydrogen (secondary N) is 1. The van der Waals surface area contributed by atoms with Crippen LogP contribution in [0.5, 0.6) is 5.75 Å². The van der Waals surface area contributed by atoms with Gasteiger partial charge in [-0.15, -0.1) is 0 Å². The molecule has 7 atom stereocenters. The van der Waals surface area contributed by atoms with Gasteiger partial charge < -0.3 is 21.3 Å². The third-order valence-corrected chi connectivity index (χ3v) is 8.78. The Bertz CT molecular complexity index is 1360. The number of carbonyl (C=O) groups is 6. The number of aromatic hydroxyl groups is 1. The number of rotatable bonds is 5. The van der Waals surface area contributed by atoms with Crippen molar-refractivity contribution in [1.82, 2.24) is 9.80 Å². The summed E-state index contributed by atoms with van der Waals surface area (Å²) in [6.45, 7) is 5.68. The number of aliphatic hydroxyl groups is 1. The van der Waals surface area contributed by atoms with Crippen molar-refractivity contribution in [3.8, 4) is 5.75 Å². The van der Waals surface area contributed by atoms with E-state index in [9.17, 15) is 39.0 Å². The number of Topliss-reactive ketones (excluding diaryl/α,β-unsaturated/α-hetero) is 4. The predicted molar refractivity (Wildman–Crippen MR) is 147 cm³/mol. The highest BCUT2D eigenvalue weighted by Gasteiger charge is 2.69.